The summed E-state index contributed by atoms with van der Waals surface area (Å²) in [4.78, 5) is 14.4. The molecule has 0 saturated heterocycles. The molecule has 104 valence electrons. The van der Waals surface area contributed by atoms with E-state index in [9.17, 15) is 4.79 Å². The third kappa shape index (κ3) is 1.96. The van der Waals surface area contributed by atoms with Crippen molar-refractivity contribution >= 4 is 10.9 Å². The maximum absolute atomic E-state index is 11.5. The van der Waals surface area contributed by atoms with Gasteiger partial charge < -0.3 is 14.5 Å². The van der Waals surface area contributed by atoms with Crippen LogP contribution in [0.15, 0.2) is 47.3 Å². The van der Waals surface area contributed by atoms with Crippen molar-refractivity contribution in [2.24, 2.45) is 0 Å². The number of rotatable bonds is 1. The lowest BCUT2D eigenvalue weighted by molar-refractivity contribution is 0.174. The number of aromatic amines is 1. The van der Waals surface area contributed by atoms with Crippen LogP contribution in [0.3, 0.4) is 0 Å². The average Bonchev–Trinajstić information content (AvgIpc) is 2.94. The van der Waals surface area contributed by atoms with Crippen molar-refractivity contribution in [3.8, 4) is 22.6 Å². The first-order valence-corrected chi connectivity index (χ1v) is 6.74. The third-order valence-corrected chi connectivity index (χ3v) is 3.76. The van der Waals surface area contributed by atoms with Gasteiger partial charge in [-0.3, -0.25) is 4.79 Å². The highest BCUT2D eigenvalue weighted by molar-refractivity contribution is 5.87. The van der Waals surface area contributed by atoms with E-state index in [-0.39, 0.29) is 12.4 Å². The average molecular weight is 279 g/mol. The van der Waals surface area contributed by atoms with E-state index >= 15 is 0 Å². The van der Waals surface area contributed by atoms with Gasteiger partial charge in [0, 0.05) is 17.0 Å². The maximum Gasteiger partial charge on any atom is 0.248 e. The van der Waals surface area contributed by atoms with Crippen LogP contribution in [0.5, 0.6) is 11.5 Å². The molecule has 0 saturated carbocycles. The summed E-state index contributed by atoms with van der Waals surface area (Å²) >= 11 is 0. The highest BCUT2D eigenvalue weighted by Crippen LogP contribution is 2.36. The van der Waals surface area contributed by atoms with Crippen LogP contribution >= 0.6 is 0 Å². The molecule has 0 unspecified atom stereocenters. The predicted octanol–water partition coefficient (Wildman–Crippen LogP) is 3.23. The van der Waals surface area contributed by atoms with Crippen molar-refractivity contribution in [1.82, 2.24) is 4.98 Å². The third-order valence-electron chi connectivity index (χ3n) is 3.76. The highest BCUT2D eigenvalue weighted by atomic mass is 16.7. The maximum atomic E-state index is 11.5. The molecule has 0 fully saturated rings. The largest absolute Gasteiger partial charge is 0.454 e. The topological polar surface area (TPSA) is 51.3 Å². The Hall–Kier alpha value is -2.75. The van der Waals surface area contributed by atoms with Crippen molar-refractivity contribution in [2.45, 2.75) is 6.92 Å². The molecule has 1 aliphatic heterocycles. The van der Waals surface area contributed by atoms with Gasteiger partial charge in [-0.1, -0.05) is 12.1 Å². The Morgan fingerprint density at radius 3 is 2.62 bits per heavy atom. The van der Waals surface area contributed by atoms with E-state index in [2.05, 4.69) is 11.1 Å². The van der Waals surface area contributed by atoms with E-state index in [1.807, 2.05) is 37.3 Å². The molecular weight excluding hydrogens is 266 g/mol. The van der Waals surface area contributed by atoms with E-state index in [1.54, 1.807) is 6.07 Å². The van der Waals surface area contributed by atoms with Gasteiger partial charge in [0.05, 0.1) is 0 Å². The van der Waals surface area contributed by atoms with E-state index in [1.165, 1.54) is 0 Å². The van der Waals surface area contributed by atoms with E-state index in [4.69, 9.17) is 9.47 Å². The van der Waals surface area contributed by atoms with Crippen LogP contribution in [0.2, 0.25) is 0 Å². The highest BCUT2D eigenvalue weighted by Gasteiger charge is 2.14. The summed E-state index contributed by atoms with van der Waals surface area (Å²) in [6.07, 6.45) is 0. The fourth-order valence-corrected chi connectivity index (χ4v) is 2.68. The minimum atomic E-state index is -0.0733. The van der Waals surface area contributed by atoms with Gasteiger partial charge >= 0.3 is 0 Å². The summed E-state index contributed by atoms with van der Waals surface area (Å²) in [7, 11) is 0. The normalized spacial score (nSPS) is 12.8. The molecule has 0 bridgehead atoms. The first kappa shape index (κ1) is 12.0. The summed E-state index contributed by atoms with van der Waals surface area (Å²) in [6.45, 7) is 2.22. The van der Waals surface area contributed by atoms with Crippen LogP contribution in [0.1, 0.15) is 5.56 Å². The fraction of sp³-hybridized carbons (Fsp3) is 0.118. The molecule has 4 nitrogen and oxygen atoms in total. The van der Waals surface area contributed by atoms with E-state index in [0.717, 1.165) is 39.1 Å². The number of nitrogens with one attached hydrogen (secondary N) is 1. The molecule has 0 spiro atoms. The zero-order valence-corrected chi connectivity index (χ0v) is 11.5. The Labute approximate surface area is 121 Å². The van der Waals surface area contributed by atoms with Crippen molar-refractivity contribution in [3.63, 3.8) is 0 Å². The van der Waals surface area contributed by atoms with Gasteiger partial charge in [0.25, 0.3) is 0 Å². The molecule has 1 N–H and O–H groups in total. The monoisotopic (exact) mass is 279 g/mol. The Morgan fingerprint density at radius 2 is 1.71 bits per heavy atom. The number of fused-ring (bicyclic) bond motifs is 2. The molecule has 0 aliphatic carbocycles. The molecule has 1 aromatic heterocycles. The second kappa shape index (κ2) is 4.38. The van der Waals surface area contributed by atoms with Crippen molar-refractivity contribution in [1.29, 1.82) is 0 Å². The number of hydrogen-bond acceptors (Lipinski definition) is 3. The minimum Gasteiger partial charge on any atom is -0.454 e. The van der Waals surface area contributed by atoms with Crippen molar-refractivity contribution < 1.29 is 9.47 Å². The number of aryl methyl sites for hydroxylation is 1. The molecule has 2 heterocycles. The zero-order valence-electron chi connectivity index (χ0n) is 11.5. The Kier molecular flexibility index (Phi) is 2.51. The van der Waals surface area contributed by atoms with Gasteiger partial charge in [-0.15, -0.1) is 0 Å². The molecule has 3 aromatic rings. The lowest BCUT2D eigenvalue weighted by Gasteiger charge is -2.07. The van der Waals surface area contributed by atoms with Crippen LogP contribution in [0, 0.1) is 6.92 Å². The van der Waals surface area contributed by atoms with Gasteiger partial charge in [-0.25, -0.2) is 0 Å². The smallest absolute Gasteiger partial charge is 0.248 e. The molecule has 21 heavy (non-hydrogen) atoms. The predicted molar refractivity (Wildman–Crippen MR) is 80.9 cm³/mol. The van der Waals surface area contributed by atoms with Gasteiger partial charge in [0.2, 0.25) is 12.4 Å². The first-order chi connectivity index (χ1) is 10.2. The van der Waals surface area contributed by atoms with E-state index < -0.39 is 0 Å². The minimum absolute atomic E-state index is 0.0733. The lowest BCUT2D eigenvalue weighted by atomic mass is 10.0. The van der Waals surface area contributed by atoms with Crippen LogP contribution < -0.4 is 15.0 Å². The molecule has 1 aliphatic rings. The molecule has 4 heteroatoms. The van der Waals surface area contributed by atoms with E-state index in [0.29, 0.717) is 0 Å². The van der Waals surface area contributed by atoms with Crippen molar-refractivity contribution in [2.75, 3.05) is 6.79 Å². The van der Waals surface area contributed by atoms with Crippen LogP contribution in [-0.4, -0.2) is 11.8 Å². The summed E-state index contributed by atoms with van der Waals surface area (Å²) < 4.78 is 10.7. The van der Waals surface area contributed by atoms with Gasteiger partial charge in [0.15, 0.2) is 11.5 Å². The van der Waals surface area contributed by atoms with Gasteiger partial charge in [-0.2, -0.15) is 0 Å². The summed E-state index contributed by atoms with van der Waals surface area (Å²) in [6, 6.07) is 13.5. The van der Waals surface area contributed by atoms with Crippen LogP contribution in [-0.2, 0) is 0 Å². The van der Waals surface area contributed by atoms with Crippen LogP contribution in [0.4, 0.5) is 0 Å². The number of benzene rings is 2. The number of aromatic nitrogens is 1. The summed E-state index contributed by atoms with van der Waals surface area (Å²) in [5, 5.41) is 1.05. The number of H-pyrrole nitrogens is 1. The number of hydrogen-bond donors (Lipinski definition) is 1. The van der Waals surface area contributed by atoms with Crippen LogP contribution in [0.25, 0.3) is 22.0 Å². The van der Waals surface area contributed by atoms with Crippen molar-refractivity contribution in [3.05, 3.63) is 58.4 Å². The zero-order chi connectivity index (χ0) is 14.4. The standard InChI is InChI=1S/C17H13NO3/c1-10-6-17(19)18-14-4-2-11(7-13(10)14)12-3-5-15-16(8-12)21-9-20-15/h2-8H,9H2,1H3,(H,18,19). The summed E-state index contributed by atoms with van der Waals surface area (Å²) in [5.74, 6) is 1.55. The molecule has 0 atom stereocenters. The molecule has 0 amide bonds. The fourth-order valence-electron chi connectivity index (χ4n) is 2.68. The Bertz CT molecular complexity index is 912. The SMILES string of the molecule is Cc1cc(=O)[nH]c2ccc(-c3ccc4c(c3)OCO4)cc12. The molecule has 0 radical (unpaired) electrons. The molecule has 2 aromatic carbocycles. The Morgan fingerprint density at radius 1 is 0.952 bits per heavy atom. The number of ether oxygens (including phenoxy) is 2. The Balaban J connectivity index is 1.89. The van der Waals surface area contributed by atoms with Gasteiger partial charge in [-0.05, 0) is 47.9 Å². The quantitative estimate of drug-likeness (QED) is 0.744. The number of pyridine rings is 1. The lowest BCUT2D eigenvalue weighted by Crippen LogP contribution is -2.04. The summed E-state index contributed by atoms with van der Waals surface area (Å²) in [5.41, 5.74) is 3.89. The van der Waals surface area contributed by atoms with Gasteiger partial charge in [0.1, 0.15) is 0 Å². The molecular formula is C17H13NO3. The first-order valence-electron chi connectivity index (χ1n) is 6.74. The second-order valence-electron chi connectivity index (χ2n) is 5.15. The molecule has 4 rings (SSSR count). The second-order valence-corrected chi connectivity index (χ2v) is 5.15.